The summed E-state index contributed by atoms with van der Waals surface area (Å²) in [6.07, 6.45) is 7.77. The highest BCUT2D eigenvalue weighted by atomic mass is 16.3. The average molecular weight is 591 g/mol. The average Bonchev–Trinajstić information content (AvgIpc) is 3.75. The monoisotopic (exact) mass is 590 g/mol. The Balaban J connectivity index is 1.28. The third-order valence-electron chi connectivity index (χ3n) is 10.2. The van der Waals surface area contributed by atoms with Gasteiger partial charge in [-0.2, -0.15) is 0 Å². The lowest BCUT2D eigenvalue weighted by atomic mass is 9.73. The molecule has 3 heterocycles. The minimum Gasteiger partial charge on any atom is -0.456 e. The van der Waals surface area contributed by atoms with Crippen LogP contribution in [0.3, 0.4) is 0 Å². The third kappa shape index (κ3) is 3.37. The molecule has 0 fully saturated rings. The zero-order valence-electron chi connectivity index (χ0n) is 25.4. The summed E-state index contributed by atoms with van der Waals surface area (Å²) < 4.78 is 11.3. The fourth-order valence-corrected chi connectivity index (χ4v) is 8.08. The molecule has 0 spiro atoms. The topological polar surface area (TPSA) is 23.0 Å². The Labute approximate surface area is 265 Å². The molecule has 46 heavy (non-hydrogen) atoms. The molecule has 0 N–H and O–H groups in total. The van der Waals surface area contributed by atoms with E-state index >= 15 is 0 Å². The maximum absolute atomic E-state index is 6.36. The SMILES string of the molecule is CC1(c2ccccc2-n2c3ccccc3c3cc4oc5ccccc5c4cc32)CC=CC=C1n1c2ccccc2c2ccccc21. The maximum Gasteiger partial charge on any atom is 0.136 e. The summed E-state index contributed by atoms with van der Waals surface area (Å²) in [6, 6.07) is 48.3. The molecule has 0 saturated carbocycles. The number of hydrogen-bond acceptors (Lipinski definition) is 1. The summed E-state index contributed by atoms with van der Waals surface area (Å²) in [7, 11) is 0. The van der Waals surface area contributed by atoms with Gasteiger partial charge >= 0.3 is 0 Å². The second-order valence-corrected chi connectivity index (χ2v) is 12.7. The number of benzene rings is 6. The van der Waals surface area contributed by atoms with Crippen LogP contribution in [0, 0.1) is 0 Å². The lowest BCUT2D eigenvalue weighted by Crippen LogP contribution is -2.29. The summed E-state index contributed by atoms with van der Waals surface area (Å²) in [5, 5.41) is 7.27. The third-order valence-corrected chi connectivity index (χ3v) is 10.2. The van der Waals surface area contributed by atoms with E-state index in [1.54, 1.807) is 0 Å². The van der Waals surface area contributed by atoms with Gasteiger partial charge < -0.3 is 13.6 Å². The Bertz CT molecular complexity index is 2690. The minimum absolute atomic E-state index is 0.306. The molecule has 9 aromatic rings. The van der Waals surface area contributed by atoms with Gasteiger partial charge in [-0.05, 0) is 67.4 Å². The zero-order valence-corrected chi connectivity index (χ0v) is 25.4. The van der Waals surface area contributed by atoms with Gasteiger partial charge in [0.25, 0.3) is 0 Å². The molecule has 0 saturated heterocycles. The number of nitrogens with zero attached hydrogens (tertiary/aromatic N) is 2. The molecule has 218 valence electrons. The molecule has 6 aromatic carbocycles. The van der Waals surface area contributed by atoms with Gasteiger partial charge in [-0.1, -0.05) is 103 Å². The molecule has 0 bridgehead atoms. The Kier molecular flexibility index (Phi) is 5.19. The molecule has 1 aliphatic carbocycles. The van der Waals surface area contributed by atoms with Crippen molar-refractivity contribution in [1.82, 2.24) is 9.13 Å². The Morgan fingerprint density at radius 1 is 0.522 bits per heavy atom. The first-order valence-electron chi connectivity index (χ1n) is 16.0. The number of fused-ring (bicyclic) bond motifs is 9. The lowest BCUT2D eigenvalue weighted by molar-refractivity contribution is 0.594. The molecule has 1 unspecified atom stereocenters. The van der Waals surface area contributed by atoms with Crippen LogP contribution in [0.4, 0.5) is 0 Å². The van der Waals surface area contributed by atoms with Crippen molar-refractivity contribution in [2.24, 2.45) is 0 Å². The highest BCUT2D eigenvalue weighted by Gasteiger charge is 2.36. The molecule has 3 aromatic heterocycles. The molecule has 0 radical (unpaired) electrons. The van der Waals surface area contributed by atoms with E-state index in [0.29, 0.717) is 0 Å². The van der Waals surface area contributed by atoms with Crippen molar-refractivity contribution in [3.05, 3.63) is 157 Å². The zero-order chi connectivity index (χ0) is 30.4. The first kappa shape index (κ1) is 25.5. The molecular formula is C43H30N2O. The van der Waals surface area contributed by atoms with Crippen LogP contribution in [-0.2, 0) is 5.41 Å². The van der Waals surface area contributed by atoms with E-state index in [9.17, 15) is 0 Å². The second kappa shape index (κ2) is 9.35. The van der Waals surface area contributed by atoms with Crippen LogP contribution < -0.4 is 0 Å². The molecule has 0 aliphatic heterocycles. The fraction of sp³-hybridized carbons (Fsp3) is 0.0698. The Morgan fingerprint density at radius 2 is 1.11 bits per heavy atom. The van der Waals surface area contributed by atoms with Crippen molar-refractivity contribution >= 4 is 71.2 Å². The molecule has 0 amide bonds. The largest absolute Gasteiger partial charge is 0.456 e. The number of aromatic nitrogens is 2. The molecule has 3 heteroatoms. The smallest absolute Gasteiger partial charge is 0.136 e. The van der Waals surface area contributed by atoms with Gasteiger partial charge in [0, 0.05) is 43.4 Å². The van der Waals surface area contributed by atoms with Crippen molar-refractivity contribution < 1.29 is 4.42 Å². The van der Waals surface area contributed by atoms with Gasteiger partial charge in [0.15, 0.2) is 0 Å². The van der Waals surface area contributed by atoms with Crippen LogP contribution in [0.2, 0.25) is 0 Å². The van der Waals surface area contributed by atoms with Gasteiger partial charge in [0.2, 0.25) is 0 Å². The number of para-hydroxylation sites is 5. The molecule has 1 atom stereocenters. The highest BCUT2D eigenvalue weighted by molar-refractivity contribution is 6.17. The van der Waals surface area contributed by atoms with E-state index in [2.05, 4.69) is 162 Å². The summed E-state index contributed by atoms with van der Waals surface area (Å²) in [5.74, 6) is 0. The summed E-state index contributed by atoms with van der Waals surface area (Å²) in [5.41, 5.74) is 10.2. The van der Waals surface area contributed by atoms with Crippen molar-refractivity contribution in [3.8, 4) is 5.69 Å². The van der Waals surface area contributed by atoms with E-state index in [1.165, 1.54) is 60.6 Å². The molecule has 10 rings (SSSR count). The predicted octanol–water partition coefficient (Wildman–Crippen LogP) is 11.5. The van der Waals surface area contributed by atoms with Crippen LogP contribution >= 0.6 is 0 Å². The van der Waals surface area contributed by atoms with Crippen LogP contribution in [0.1, 0.15) is 18.9 Å². The van der Waals surface area contributed by atoms with Crippen molar-refractivity contribution in [3.63, 3.8) is 0 Å². The van der Waals surface area contributed by atoms with E-state index in [0.717, 1.165) is 28.4 Å². The van der Waals surface area contributed by atoms with Gasteiger partial charge in [0.1, 0.15) is 11.2 Å². The number of allylic oxidation sites excluding steroid dienone is 4. The van der Waals surface area contributed by atoms with Crippen molar-refractivity contribution in [2.75, 3.05) is 0 Å². The highest BCUT2D eigenvalue weighted by Crippen LogP contribution is 2.48. The Morgan fingerprint density at radius 3 is 1.85 bits per heavy atom. The quantitative estimate of drug-likeness (QED) is 0.201. The fourth-order valence-electron chi connectivity index (χ4n) is 8.08. The molecular weight excluding hydrogens is 560 g/mol. The van der Waals surface area contributed by atoms with Crippen molar-refractivity contribution in [1.29, 1.82) is 0 Å². The number of furan rings is 1. The second-order valence-electron chi connectivity index (χ2n) is 12.7. The summed E-state index contributed by atoms with van der Waals surface area (Å²) >= 11 is 0. The lowest BCUT2D eigenvalue weighted by Gasteiger charge is -2.37. The first-order valence-corrected chi connectivity index (χ1v) is 16.0. The van der Waals surface area contributed by atoms with Gasteiger partial charge in [-0.25, -0.2) is 0 Å². The summed E-state index contributed by atoms with van der Waals surface area (Å²) in [4.78, 5) is 0. The van der Waals surface area contributed by atoms with Crippen LogP contribution in [-0.4, -0.2) is 9.13 Å². The standard InChI is InChI=1S/C43H30N2O/c1-43(25-13-12-24-42(43)45-36-20-8-2-14-28(36)29-15-3-9-21-37(29)45)34-18-6-10-22-38(34)44-35-19-7-4-16-30(35)32-27-41-33(26-39(32)44)31-17-5-11-23-40(31)46-41/h2-24,26-27H,25H2,1H3. The number of hydrogen-bond donors (Lipinski definition) is 0. The first-order chi connectivity index (χ1) is 22.7. The van der Waals surface area contributed by atoms with Crippen LogP contribution in [0.5, 0.6) is 0 Å². The number of rotatable bonds is 3. The maximum atomic E-state index is 6.36. The van der Waals surface area contributed by atoms with E-state index in [1.807, 2.05) is 6.07 Å². The van der Waals surface area contributed by atoms with Gasteiger partial charge in [-0.15, -0.1) is 0 Å². The Hall–Kier alpha value is -5.80. The van der Waals surface area contributed by atoms with Crippen LogP contribution in [0.25, 0.3) is 76.9 Å². The molecule has 1 aliphatic rings. The van der Waals surface area contributed by atoms with Gasteiger partial charge in [0.05, 0.1) is 27.8 Å². The van der Waals surface area contributed by atoms with E-state index in [-0.39, 0.29) is 5.41 Å². The molecule has 3 nitrogen and oxygen atoms in total. The van der Waals surface area contributed by atoms with Gasteiger partial charge in [-0.3, -0.25) is 0 Å². The summed E-state index contributed by atoms with van der Waals surface area (Å²) in [6.45, 7) is 2.42. The van der Waals surface area contributed by atoms with E-state index < -0.39 is 0 Å². The minimum atomic E-state index is -0.306. The van der Waals surface area contributed by atoms with E-state index in [4.69, 9.17) is 4.42 Å². The van der Waals surface area contributed by atoms with Crippen molar-refractivity contribution in [2.45, 2.75) is 18.8 Å². The normalized spacial score (nSPS) is 16.8. The predicted molar refractivity (Wildman–Crippen MR) is 193 cm³/mol. The van der Waals surface area contributed by atoms with Crippen LogP contribution in [0.15, 0.2) is 156 Å².